The number of carbonyl (C=O) groups is 2. The Morgan fingerprint density at radius 3 is 2.66 bits per heavy atom. The molecule has 0 spiro atoms. The first kappa shape index (κ1) is 30.3. The van der Waals surface area contributed by atoms with Crippen LogP contribution in [0, 0.1) is 0 Å². The first-order chi connectivity index (χ1) is 19.5. The Morgan fingerprint density at radius 1 is 1.20 bits per heavy atom. The lowest BCUT2D eigenvalue weighted by molar-refractivity contribution is -0.142. The molecule has 0 bridgehead atoms. The van der Waals surface area contributed by atoms with Gasteiger partial charge in [0.25, 0.3) is 5.91 Å². The number of benzene rings is 2. The summed E-state index contributed by atoms with van der Waals surface area (Å²) in [7, 11) is 1.59. The van der Waals surface area contributed by atoms with Gasteiger partial charge in [0, 0.05) is 48.0 Å². The highest BCUT2D eigenvalue weighted by molar-refractivity contribution is 6.33. The van der Waals surface area contributed by atoms with Crippen molar-refractivity contribution in [3.63, 3.8) is 0 Å². The second kappa shape index (κ2) is 12.9. The van der Waals surface area contributed by atoms with Crippen molar-refractivity contribution in [2.24, 2.45) is 5.73 Å². The van der Waals surface area contributed by atoms with Crippen molar-refractivity contribution in [2.75, 3.05) is 31.6 Å². The molecule has 0 radical (unpaired) electrons. The molecule has 1 aliphatic rings. The highest BCUT2D eigenvalue weighted by Crippen LogP contribution is 2.36. The van der Waals surface area contributed by atoms with Crippen LogP contribution in [0.1, 0.15) is 40.9 Å². The van der Waals surface area contributed by atoms with Gasteiger partial charge in [-0.15, -0.1) is 0 Å². The zero-order valence-electron chi connectivity index (χ0n) is 22.3. The van der Waals surface area contributed by atoms with E-state index in [1.807, 2.05) is 4.90 Å². The van der Waals surface area contributed by atoms with Gasteiger partial charge in [0.15, 0.2) is 0 Å². The number of hydrogen-bond acceptors (Lipinski definition) is 6. The number of carbonyl (C=O) groups excluding carboxylic acids is 1. The van der Waals surface area contributed by atoms with Crippen molar-refractivity contribution in [3.8, 4) is 16.9 Å². The zero-order valence-corrected chi connectivity index (χ0v) is 23.1. The predicted molar refractivity (Wildman–Crippen MR) is 149 cm³/mol. The molecule has 1 aromatic heterocycles. The molecule has 41 heavy (non-hydrogen) atoms. The van der Waals surface area contributed by atoms with Crippen molar-refractivity contribution in [2.45, 2.75) is 38.0 Å². The van der Waals surface area contributed by atoms with Gasteiger partial charge in [-0.3, -0.25) is 19.5 Å². The topological polar surface area (TPSA) is 109 Å². The molecule has 0 saturated carbocycles. The van der Waals surface area contributed by atoms with Crippen molar-refractivity contribution in [3.05, 3.63) is 76.6 Å². The highest BCUT2D eigenvalue weighted by atomic mass is 35.5. The third kappa shape index (κ3) is 6.98. The van der Waals surface area contributed by atoms with Crippen LogP contribution in [0.4, 0.5) is 18.9 Å². The lowest BCUT2D eigenvalue weighted by Gasteiger charge is -2.23. The molecular weight excluding hydrogens is 561 g/mol. The number of aliphatic carboxylic acids is 1. The SMILES string of the molecule is CN(C(=O)c1ccc(Cl)c(-c2cnc(C(F)(F)F)cc2CN)c1)c1ccccc1OCCCN1CCC[C@H]1C(=O)O. The number of pyridine rings is 1. The number of carboxylic acids is 1. The average molecular weight is 591 g/mol. The van der Waals surface area contributed by atoms with Gasteiger partial charge in [-0.05, 0) is 67.8 Å². The third-order valence-corrected chi connectivity index (χ3v) is 7.36. The fourth-order valence-corrected chi connectivity index (χ4v) is 5.13. The third-order valence-electron chi connectivity index (χ3n) is 7.03. The van der Waals surface area contributed by atoms with Gasteiger partial charge in [0.2, 0.25) is 0 Å². The summed E-state index contributed by atoms with van der Waals surface area (Å²) in [4.78, 5) is 31.8. The number of para-hydroxylation sites is 2. The second-order valence-corrected chi connectivity index (χ2v) is 10.1. The second-order valence-electron chi connectivity index (χ2n) is 9.69. The summed E-state index contributed by atoms with van der Waals surface area (Å²) >= 11 is 6.39. The van der Waals surface area contributed by atoms with Crippen LogP contribution in [0.3, 0.4) is 0 Å². The number of nitrogens with zero attached hydrogens (tertiary/aromatic N) is 3. The van der Waals surface area contributed by atoms with Crippen LogP contribution < -0.4 is 15.4 Å². The molecule has 1 atom stereocenters. The molecule has 2 heterocycles. The highest BCUT2D eigenvalue weighted by Gasteiger charge is 2.33. The number of likely N-dealkylation sites (tertiary alicyclic amines) is 1. The average Bonchev–Trinajstić information content (AvgIpc) is 3.43. The number of aromatic nitrogens is 1. The fourth-order valence-electron chi connectivity index (χ4n) is 4.91. The lowest BCUT2D eigenvalue weighted by atomic mass is 9.98. The van der Waals surface area contributed by atoms with Crippen LogP contribution in [0.5, 0.6) is 5.75 Å². The summed E-state index contributed by atoms with van der Waals surface area (Å²) in [6.45, 7) is 1.47. The number of carboxylic acid groups (broad SMARTS) is 1. The molecule has 4 rings (SSSR count). The summed E-state index contributed by atoms with van der Waals surface area (Å²) in [5, 5.41) is 9.59. The van der Waals surface area contributed by atoms with Gasteiger partial charge in [-0.25, -0.2) is 0 Å². The number of ether oxygens (including phenoxy) is 1. The summed E-state index contributed by atoms with van der Waals surface area (Å²) in [6.07, 6.45) is -1.46. The molecule has 8 nitrogen and oxygen atoms in total. The van der Waals surface area contributed by atoms with E-state index in [0.29, 0.717) is 48.6 Å². The molecule has 218 valence electrons. The van der Waals surface area contributed by atoms with Crippen molar-refractivity contribution in [1.29, 1.82) is 0 Å². The Labute approximate surface area is 240 Å². The van der Waals surface area contributed by atoms with E-state index in [1.165, 1.54) is 23.1 Å². The van der Waals surface area contributed by atoms with Gasteiger partial charge in [-0.1, -0.05) is 23.7 Å². The van der Waals surface area contributed by atoms with Crippen LogP contribution in [0.25, 0.3) is 11.1 Å². The van der Waals surface area contributed by atoms with E-state index in [4.69, 9.17) is 22.1 Å². The van der Waals surface area contributed by atoms with Crippen LogP contribution in [0.15, 0.2) is 54.7 Å². The zero-order chi connectivity index (χ0) is 29.7. The Morgan fingerprint density at radius 2 is 1.95 bits per heavy atom. The van der Waals surface area contributed by atoms with Gasteiger partial charge in [0.05, 0.1) is 12.3 Å². The Kier molecular flexibility index (Phi) is 9.52. The fraction of sp³-hybridized carbons (Fsp3) is 0.345. The van der Waals surface area contributed by atoms with Crippen LogP contribution in [-0.2, 0) is 17.5 Å². The molecule has 0 aliphatic carbocycles. The number of rotatable bonds is 10. The minimum atomic E-state index is -4.63. The van der Waals surface area contributed by atoms with Crippen LogP contribution in [-0.4, -0.2) is 59.7 Å². The van der Waals surface area contributed by atoms with Gasteiger partial charge in [-0.2, -0.15) is 13.2 Å². The van der Waals surface area contributed by atoms with E-state index >= 15 is 0 Å². The standard InChI is InChI=1S/C29H30ClF3N4O4/c1-36(23-6-2-3-8-25(23)41-13-5-12-37-11-4-7-24(37)28(39)40)27(38)18-9-10-22(30)20(14-18)21-17-35-26(29(31,32)33)15-19(21)16-34/h2-3,6,8-10,14-15,17,24H,4-5,7,11-13,16,34H2,1H3,(H,39,40)/t24-/m0/s1. The van der Waals surface area contributed by atoms with E-state index in [9.17, 15) is 27.9 Å². The Balaban J connectivity index is 1.50. The maximum atomic E-state index is 13.5. The van der Waals surface area contributed by atoms with Crippen molar-refractivity contribution >= 4 is 29.2 Å². The summed E-state index contributed by atoms with van der Waals surface area (Å²) < 4.78 is 45.5. The summed E-state index contributed by atoms with van der Waals surface area (Å²) in [5.74, 6) is -0.728. The lowest BCUT2D eigenvalue weighted by Crippen LogP contribution is -2.37. The molecule has 2 aromatic carbocycles. The molecule has 3 N–H and O–H groups in total. The maximum Gasteiger partial charge on any atom is 0.433 e. The number of anilines is 1. The number of halogens is 4. The molecule has 1 aliphatic heterocycles. The number of alkyl halides is 3. The Hall–Kier alpha value is -3.67. The summed E-state index contributed by atoms with van der Waals surface area (Å²) in [6, 6.07) is 12.0. The van der Waals surface area contributed by atoms with E-state index < -0.39 is 29.8 Å². The smallest absolute Gasteiger partial charge is 0.433 e. The molecule has 12 heteroatoms. The summed E-state index contributed by atoms with van der Waals surface area (Å²) in [5.41, 5.74) is 6.25. The first-order valence-electron chi connectivity index (χ1n) is 13.0. The molecule has 1 saturated heterocycles. The van der Waals surface area contributed by atoms with Crippen LogP contribution >= 0.6 is 11.6 Å². The molecule has 0 unspecified atom stereocenters. The monoisotopic (exact) mass is 590 g/mol. The van der Waals surface area contributed by atoms with Gasteiger partial charge < -0.3 is 20.5 Å². The largest absolute Gasteiger partial charge is 0.491 e. The quantitative estimate of drug-likeness (QED) is 0.301. The van der Waals surface area contributed by atoms with Crippen molar-refractivity contribution < 1.29 is 32.6 Å². The minimum Gasteiger partial charge on any atom is -0.491 e. The molecule has 1 fully saturated rings. The van der Waals surface area contributed by atoms with E-state index in [1.54, 1.807) is 31.3 Å². The van der Waals surface area contributed by atoms with Gasteiger partial charge in [0.1, 0.15) is 17.5 Å². The minimum absolute atomic E-state index is 0.186. The van der Waals surface area contributed by atoms with E-state index in [-0.39, 0.29) is 22.7 Å². The number of hydrogen-bond donors (Lipinski definition) is 2. The molecule has 1 amide bonds. The number of amides is 1. The predicted octanol–water partition coefficient (Wildman–Crippen LogP) is 5.47. The van der Waals surface area contributed by atoms with E-state index in [0.717, 1.165) is 25.2 Å². The normalized spacial score (nSPS) is 15.6. The van der Waals surface area contributed by atoms with E-state index in [2.05, 4.69) is 4.98 Å². The van der Waals surface area contributed by atoms with Crippen LogP contribution in [0.2, 0.25) is 5.02 Å². The molecular formula is C29H30ClF3N4O4. The number of nitrogens with two attached hydrogens (primary N) is 1. The molecule has 3 aromatic rings. The maximum absolute atomic E-state index is 13.5. The van der Waals surface area contributed by atoms with Crippen molar-refractivity contribution in [1.82, 2.24) is 9.88 Å². The Bertz CT molecular complexity index is 1420. The first-order valence-corrected chi connectivity index (χ1v) is 13.4. The van der Waals surface area contributed by atoms with Gasteiger partial charge >= 0.3 is 12.1 Å².